The number of fused-ring (bicyclic) bond motifs is 1. The number of carbonyl (C=O) groups excluding carboxylic acids is 1. The summed E-state index contributed by atoms with van der Waals surface area (Å²) in [6.07, 6.45) is 8.72. The van der Waals surface area contributed by atoms with Crippen LogP contribution in [0.2, 0.25) is 0 Å². The van der Waals surface area contributed by atoms with Crippen LogP contribution >= 0.6 is 11.3 Å². The first kappa shape index (κ1) is 17.2. The molecule has 0 atom stereocenters. The zero-order chi connectivity index (χ0) is 18.1. The van der Waals surface area contributed by atoms with E-state index in [-0.39, 0.29) is 6.10 Å². The van der Waals surface area contributed by atoms with Crippen LogP contribution in [0.25, 0.3) is 15.8 Å². The number of ether oxygens (including phenoxy) is 1. The number of carbonyl (C=O) groups is 1. The lowest BCUT2D eigenvalue weighted by Crippen LogP contribution is -2.10. The van der Waals surface area contributed by atoms with Gasteiger partial charge in [0.15, 0.2) is 5.82 Å². The topological polar surface area (TPSA) is 104 Å². The highest BCUT2D eigenvalue weighted by Crippen LogP contribution is 2.34. The lowest BCUT2D eigenvalue weighted by Gasteiger charge is -2.10. The number of rotatable bonds is 4. The van der Waals surface area contributed by atoms with Crippen LogP contribution in [0.5, 0.6) is 0 Å². The number of hydrogen-bond donors (Lipinski definition) is 2. The molecule has 0 bridgehead atoms. The molecule has 1 aliphatic rings. The number of thiophene rings is 1. The minimum Gasteiger partial charge on any atom is -0.495 e. The molecule has 1 aliphatic carbocycles. The van der Waals surface area contributed by atoms with Gasteiger partial charge in [0.05, 0.1) is 22.9 Å². The molecule has 0 aromatic carbocycles. The molecule has 0 saturated carbocycles. The maximum Gasteiger partial charge on any atom is 0.260 e. The highest BCUT2D eigenvalue weighted by atomic mass is 32.1. The van der Waals surface area contributed by atoms with Crippen molar-refractivity contribution in [1.29, 1.82) is 0 Å². The Morgan fingerprint density at radius 2 is 2.08 bits per heavy atom. The number of anilines is 1. The molecule has 0 aliphatic heterocycles. The van der Waals surface area contributed by atoms with E-state index in [4.69, 9.17) is 16.2 Å². The Labute approximate surface area is 149 Å². The highest BCUT2D eigenvalue weighted by Gasteiger charge is 2.19. The van der Waals surface area contributed by atoms with Gasteiger partial charge in [-0.2, -0.15) is 0 Å². The number of nitrogen functional groups attached to an aromatic ring is 1. The molecule has 2 aromatic heterocycles. The SMILES string of the molecule is Cc1nc(C2=CC=C(OC(C)C)CC=C2)nc2sc(C(N)=O)c(N)c12. The fourth-order valence-electron chi connectivity index (χ4n) is 2.66. The summed E-state index contributed by atoms with van der Waals surface area (Å²) in [5, 5.41) is 0.695. The quantitative estimate of drug-likeness (QED) is 0.874. The van der Waals surface area contributed by atoms with Gasteiger partial charge in [-0.15, -0.1) is 11.3 Å². The van der Waals surface area contributed by atoms with E-state index in [1.807, 2.05) is 45.1 Å². The second kappa shape index (κ2) is 6.68. The molecule has 7 heteroatoms. The van der Waals surface area contributed by atoms with Crippen LogP contribution in [-0.4, -0.2) is 22.0 Å². The molecule has 3 rings (SSSR count). The van der Waals surface area contributed by atoms with E-state index in [1.165, 1.54) is 11.3 Å². The van der Waals surface area contributed by atoms with Gasteiger partial charge >= 0.3 is 0 Å². The molecule has 0 fully saturated rings. The Hall–Kier alpha value is -2.67. The Kier molecular flexibility index (Phi) is 4.59. The van der Waals surface area contributed by atoms with Crippen molar-refractivity contribution >= 4 is 38.7 Å². The van der Waals surface area contributed by atoms with Gasteiger partial charge in [-0.25, -0.2) is 9.97 Å². The van der Waals surface area contributed by atoms with Crippen molar-refractivity contribution in [2.24, 2.45) is 5.73 Å². The first-order valence-electron chi connectivity index (χ1n) is 7.97. The van der Waals surface area contributed by atoms with Gasteiger partial charge in [0.2, 0.25) is 0 Å². The number of amides is 1. The number of aryl methyl sites for hydroxylation is 1. The van der Waals surface area contributed by atoms with Crippen LogP contribution < -0.4 is 11.5 Å². The lowest BCUT2D eigenvalue weighted by molar-refractivity contribution is 0.100. The highest BCUT2D eigenvalue weighted by molar-refractivity contribution is 7.21. The minimum atomic E-state index is -0.548. The number of nitrogens with two attached hydrogens (primary N) is 2. The van der Waals surface area contributed by atoms with Crippen molar-refractivity contribution in [2.45, 2.75) is 33.3 Å². The van der Waals surface area contributed by atoms with Gasteiger partial charge in [0, 0.05) is 12.0 Å². The van der Waals surface area contributed by atoms with Crippen LogP contribution in [0.1, 0.15) is 41.5 Å². The van der Waals surface area contributed by atoms with Crippen LogP contribution in [0.3, 0.4) is 0 Å². The monoisotopic (exact) mass is 356 g/mol. The summed E-state index contributed by atoms with van der Waals surface area (Å²) < 4.78 is 5.75. The van der Waals surface area contributed by atoms with Crippen LogP contribution in [0.4, 0.5) is 5.69 Å². The van der Waals surface area contributed by atoms with Crippen LogP contribution in [-0.2, 0) is 4.74 Å². The molecular weight excluding hydrogens is 336 g/mol. The lowest BCUT2D eigenvalue weighted by atomic mass is 10.2. The number of primary amides is 1. The van der Waals surface area contributed by atoms with Gasteiger partial charge in [-0.1, -0.05) is 12.2 Å². The average Bonchev–Trinajstić information content (AvgIpc) is 2.72. The zero-order valence-corrected chi connectivity index (χ0v) is 15.2. The largest absolute Gasteiger partial charge is 0.495 e. The van der Waals surface area contributed by atoms with Crippen molar-refractivity contribution in [1.82, 2.24) is 9.97 Å². The van der Waals surface area contributed by atoms with Crippen LogP contribution in [0, 0.1) is 6.92 Å². The Bertz CT molecular complexity index is 938. The smallest absolute Gasteiger partial charge is 0.260 e. The molecular formula is C18H20N4O2S. The van der Waals surface area contributed by atoms with E-state index >= 15 is 0 Å². The first-order valence-corrected chi connectivity index (χ1v) is 8.79. The molecule has 2 aromatic rings. The summed E-state index contributed by atoms with van der Waals surface area (Å²) in [5.41, 5.74) is 13.4. The third kappa shape index (κ3) is 3.41. The maximum atomic E-state index is 11.5. The fourth-order valence-corrected chi connectivity index (χ4v) is 3.65. The summed E-state index contributed by atoms with van der Waals surface area (Å²) >= 11 is 1.20. The van der Waals surface area contributed by atoms with E-state index in [0.29, 0.717) is 26.6 Å². The molecule has 0 spiro atoms. The Morgan fingerprint density at radius 3 is 2.76 bits per heavy atom. The van der Waals surface area contributed by atoms with E-state index in [1.54, 1.807) is 0 Å². The predicted molar refractivity (Wildman–Crippen MR) is 101 cm³/mol. The average molecular weight is 356 g/mol. The van der Waals surface area contributed by atoms with E-state index in [2.05, 4.69) is 9.97 Å². The maximum absolute atomic E-state index is 11.5. The second-order valence-corrected chi connectivity index (χ2v) is 7.05. The van der Waals surface area contributed by atoms with Crippen molar-refractivity contribution in [3.63, 3.8) is 0 Å². The van der Waals surface area contributed by atoms with Crippen molar-refractivity contribution in [3.05, 3.63) is 46.5 Å². The zero-order valence-electron chi connectivity index (χ0n) is 14.4. The molecule has 6 nitrogen and oxygen atoms in total. The predicted octanol–water partition coefficient (Wildman–Crippen LogP) is 3.33. The van der Waals surface area contributed by atoms with Crippen molar-refractivity contribution in [3.8, 4) is 0 Å². The third-order valence-corrected chi connectivity index (χ3v) is 4.82. The molecule has 0 radical (unpaired) electrons. The van der Waals surface area contributed by atoms with Crippen molar-refractivity contribution < 1.29 is 9.53 Å². The molecule has 25 heavy (non-hydrogen) atoms. The summed E-state index contributed by atoms with van der Waals surface area (Å²) in [7, 11) is 0. The molecule has 0 saturated heterocycles. The number of allylic oxidation sites excluding steroid dienone is 5. The van der Waals surface area contributed by atoms with Gasteiger partial charge in [0.25, 0.3) is 5.91 Å². The Balaban J connectivity index is 2.06. The van der Waals surface area contributed by atoms with Gasteiger partial charge in [-0.3, -0.25) is 4.79 Å². The fraction of sp³-hybridized carbons (Fsp3) is 0.278. The summed E-state index contributed by atoms with van der Waals surface area (Å²) in [5.74, 6) is 0.935. The van der Waals surface area contributed by atoms with Gasteiger partial charge < -0.3 is 16.2 Å². The molecule has 2 heterocycles. The molecule has 0 unspecified atom stereocenters. The standard InChI is InChI=1S/C18H20N4O2S/c1-9(2)24-12-6-4-5-11(7-8-12)17-21-10(3)13-14(19)15(16(20)23)25-18(13)22-17/h4-5,7-9H,6,19H2,1-3H3,(H2,20,23). The van der Waals surface area contributed by atoms with E-state index in [0.717, 1.165) is 23.4 Å². The van der Waals surface area contributed by atoms with Gasteiger partial charge in [-0.05, 0) is 32.9 Å². The van der Waals surface area contributed by atoms with Crippen molar-refractivity contribution in [2.75, 3.05) is 5.73 Å². The third-order valence-electron chi connectivity index (χ3n) is 3.70. The van der Waals surface area contributed by atoms with E-state index in [9.17, 15) is 4.79 Å². The summed E-state index contributed by atoms with van der Waals surface area (Å²) in [6.45, 7) is 5.85. The first-order chi connectivity index (χ1) is 11.9. The Morgan fingerprint density at radius 1 is 1.32 bits per heavy atom. The number of aromatic nitrogens is 2. The summed E-state index contributed by atoms with van der Waals surface area (Å²) in [4.78, 5) is 21.6. The molecule has 4 N–H and O–H groups in total. The van der Waals surface area contributed by atoms with E-state index < -0.39 is 5.91 Å². The molecule has 130 valence electrons. The molecule has 1 amide bonds. The normalized spacial score (nSPS) is 14.4. The van der Waals surface area contributed by atoms with Crippen LogP contribution in [0.15, 0.2) is 30.1 Å². The van der Waals surface area contributed by atoms with Gasteiger partial charge in [0.1, 0.15) is 15.5 Å². The number of nitrogens with zero attached hydrogens (tertiary/aromatic N) is 2. The number of hydrogen-bond acceptors (Lipinski definition) is 6. The second-order valence-electron chi connectivity index (χ2n) is 6.05. The minimum absolute atomic E-state index is 0.130. The summed E-state index contributed by atoms with van der Waals surface area (Å²) in [6, 6.07) is 0.